The molecule has 10 aromatic carbocycles. The van der Waals surface area contributed by atoms with E-state index in [1.54, 1.807) is 118 Å². The predicted octanol–water partition coefficient (Wildman–Crippen LogP) is 6.22. The minimum Gasteiger partial charge on any atom is -1.00 e. The Hall–Kier alpha value is -6.29. The number of carbonyl (C=O) groups is 9. The zero-order chi connectivity index (χ0) is 89.9. The molecule has 0 amide bonds. The van der Waals surface area contributed by atoms with Gasteiger partial charge in [-0.15, -0.1) is 0 Å². The fourth-order valence-corrected chi connectivity index (χ4v) is 8.98. The van der Waals surface area contributed by atoms with Crippen LogP contribution >= 0.6 is 31.9 Å². The van der Waals surface area contributed by atoms with E-state index >= 15 is 0 Å². The number of ether oxygens (including phenoxy) is 8. The number of rotatable bonds is 25. The summed E-state index contributed by atoms with van der Waals surface area (Å²) in [6.45, 7) is 19.3. The Balaban J connectivity index is -0.000000136. The first kappa shape index (κ1) is 138. The van der Waals surface area contributed by atoms with Crippen molar-refractivity contribution in [1.82, 2.24) is 0 Å². The molecule has 0 aromatic heterocycles. The predicted molar refractivity (Wildman–Crippen MR) is 480 cm³/mol. The molecule has 0 saturated heterocycles. The molecule has 0 radical (unpaired) electrons. The minimum atomic E-state index is -1.13. The van der Waals surface area contributed by atoms with Gasteiger partial charge in [0.15, 0.2) is 69.4 Å². The third-order valence-corrected chi connectivity index (χ3v) is 16.3. The van der Waals surface area contributed by atoms with E-state index in [0.29, 0.717) is 63.3 Å². The largest absolute Gasteiger partial charge is 1.00 e. The molecule has 0 saturated carbocycles. The minimum absolute atomic E-state index is 0. The van der Waals surface area contributed by atoms with Crippen LogP contribution in [-0.2, 0) is 50.5 Å². The Morgan fingerprint density at radius 2 is 0.738 bits per heavy atom. The van der Waals surface area contributed by atoms with Crippen molar-refractivity contribution in [2.45, 2.75) is 123 Å². The molecule has 126 heavy (non-hydrogen) atoms. The molecular formula is C95H117Br2K4NO24. The number of alkyl halides is 2. The number of methoxy groups -OCH3 is 4. The molecule has 0 aliphatic rings. The van der Waals surface area contributed by atoms with E-state index in [4.69, 9.17) is 73.5 Å². The second-order valence-corrected chi connectivity index (χ2v) is 25.3. The van der Waals surface area contributed by atoms with E-state index in [2.05, 4.69) is 53.8 Å². The number of Topliss-reactive ketones (excluding diaryl/α,β-unsaturated/α-hetero) is 4. The fourth-order valence-electron chi connectivity index (χ4n) is 8.61. The van der Waals surface area contributed by atoms with Crippen LogP contribution < -0.4 is 254 Å². The van der Waals surface area contributed by atoms with E-state index in [9.17, 15) is 38.7 Å². The van der Waals surface area contributed by atoms with Crippen molar-refractivity contribution >= 4 is 86.8 Å². The quantitative estimate of drug-likeness (QED) is 0.0188. The topological polar surface area (TPSA) is 377 Å². The van der Waals surface area contributed by atoms with E-state index in [1.807, 2.05) is 156 Å². The molecule has 0 heterocycles. The second kappa shape index (κ2) is 88.0. The number of phenolic OH excluding ortho intramolecular Hbond substituents is 2. The van der Waals surface area contributed by atoms with Gasteiger partial charge in [0.25, 0.3) is 12.9 Å². The number of aliphatic hydroxyl groups excluding tert-OH is 1. The molecule has 0 spiro atoms. The molecule has 10 aromatic rings. The summed E-state index contributed by atoms with van der Waals surface area (Å²) < 4.78 is 42.3. The third-order valence-electron chi connectivity index (χ3n) is 14.8. The van der Waals surface area contributed by atoms with Crippen molar-refractivity contribution in [2.75, 3.05) is 47.0 Å². The van der Waals surface area contributed by atoms with E-state index in [-0.39, 0.29) is 291 Å². The molecule has 0 bridgehead atoms. The van der Waals surface area contributed by atoms with Gasteiger partial charge in [-0.2, -0.15) is 5.26 Å². The third kappa shape index (κ3) is 65.3. The SMILES string of the molecule is BrCc1ccccc1.C.C.C.CC#N.CC(=O)CBr.COc1ccccc1O.COc1ccccc1OC(C(C)=O)C(O)c1ccc(OCc2ccccc2)c(C)c1.COc1ccccc1OCC(C)=O.COc1ccccc1OCC(C)=O.Cc1cc(C=O)ccc1O.Cc1ccc(C=O)cc1C.Cc1ccc(C=O)cc1C.O=CO[O-].O=CO[O-].[H-].[H-].[K+].[K+].[K+].[K+]. The van der Waals surface area contributed by atoms with Crippen LogP contribution in [0.25, 0.3) is 0 Å². The molecule has 10 rings (SSSR count). The normalized spacial score (nSPS) is 9.10. The Kier molecular flexibility index (Phi) is 96.1. The van der Waals surface area contributed by atoms with Crippen LogP contribution in [0.1, 0.15) is 147 Å². The van der Waals surface area contributed by atoms with Crippen LogP contribution in [0.2, 0.25) is 0 Å². The van der Waals surface area contributed by atoms with Gasteiger partial charge in [0.2, 0.25) is 0 Å². The monoisotopic (exact) mass is 1970 g/mol. The summed E-state index contributed by atoms with van der Waals surface area (Å²) >= 11 is 6.32. The molecular weight excluding hydrogens is 1860 g/mol. The number of hydrogen-bond acceptors (Lipinski definition) is 25. The number of hydrogen-bond donors (Lipinski definition) is 3. The van der Waals surface area contributed by atoms with Crippen LogP contribution in [0.15, 0.2) is 231 Å². The number of para-hydroxylation sites is 8. The maximum Gasteiger partial charge on any atom is 1.00 e. The number of phenols is 2. The summed E-state index contributed by atoms with van der Waals surface area (Å²) in [5.74, 6) is 4.89. The molecule has 664 valence electrons. The zero-order valence-electron chi connectivity index (χ0n) is 75.1. The first-order valence-corrected chi connectivity index (χ1v) is 38.0. The molecule has 25 nitrogen and oxygen atoms in total. The van der Waals surface area contributed by atoms with Gasteiger partial charge in [-0.05, 0) is 210 Å². The van der Waals surface area contributed by atoms with Gasteiger partial charge in [-0.3, -0.25) is 43.2 Å². The van der Waals surface area contributed by atoms with E-state index in [0.717, 1.165) is 57.8 Å². The number of aromatic hydroxyl groups is 2. The number of aliphatic hydroxyl groups is 1. The number of ketones is 4. The fraction of sp³-hybridized carbons (Fsp3) is 0.263. The van der Waals surface area contributed by atoms with Crippen molar-refractivity contribution in [1.29, 1.82) is 5.26 Å². The molecule has 0 aliphatic carbocycles. The number of aldehydes is 3. The molecule has 3 N–H and O–H groups in total. The van der Waals surface area contributed by atoms with Crippen LogP contribution in [0.3, 0.4) is 0 Å². The average molecular weight is 1970 g/mol. The molecule has 31 heteroatoms. The van der Waals surface area contributed by atoms with Gasteiger partial charge in [0.05, 0.1) is 39.8 Å². The number of carbonyl (C=O) groups excluding carboxylic acids is 9. The first-order valence-electron chi connectivity index (χ1n) is 35.8. The van der Waals surface area contributed by atoms with Crippen molar-refractivity contribution in [3.05, 3.63) is 297 Å². The maximum absolute atomic E-state index is 12.2. The maximum atomic E-state index is 12.2. The van der Waals surface area contributed by atoms with Crippen LogP contribution in [-0.4, -0.2) is 123 Å². The number of nitriles is 1. The van der Waals surface area contributed by atoms with Gasteiger partial charge in [-0.1, -0.05) is 194 Å². The summed E-state index contributed by atoms with van der Waals surface area (Å²) in [6.07, 6.45) is 0.303. The average Bonchev–Trinajstić information content (AvgIpc) is 0.820. The smallest absolute Gasteiger partial charge is 1.00 e. The van der Waals surface area contributed by atoms with Gasteiger partial charge in [0.1, 0.15) is 62.1 Å². The Morgan fingerprint density at radius 3 is 1.03 bits per heavy atom. The van der Waals surface area contributed by atoms with Gasteiger partial charge in [0, 0.05) is 28.9 Å². The zero-order valence-corrected chi connectivity index (χ0v) is 88.8. The standard InChI is InChI=1S/C25H26O5.2C10H12O3.2C9H10O.C8H8O2.C7H7Br.C7H8O2.C3H5BrO.C2H3N.2CH2O3.3CH4.4K.2H/c1-17-15-20(13-14-21(17)29-16-19-9-5-4-6-10-19)24(27)25(18(2)26)30-23-12-8-7-11-22(23)28-3;2*1-8(11)7-13-10-6-4-3-5-9(10)12-2;2*1-7-3-4-9(6-10)5-8(7)2;1-6-4-7(5-9)2-3-8(6)10;8-6-7-4-2-1-3-5-7;1-9-7-5-3-2-4-6(7)8;1-3(5)2-4;1-2-3;2*2-1-4-3;;;;;;;;;/h4-15,24-25,27H,16H2,1-3H3;2*3-6H,7H2,1-2H3;2*3-6H,1-2H3;2-5,10H,1H3;1-5H,6H2;2-5,8H,1H3;2H2,1H3;1H3;2*1,3H;3*1H4;;;;;;/q;;;;;;;;;;;;;;;4*+1;2*-1/p-2. The van der Waals surface area contributed by atoms with Crippen LogP contribution in [0, 0.1) is 52.9 Å². The number of benzene rings is 10. The number of halogens is 2. The Labute approximate surface area is 933 Å². The summed E-state index contributed by atoms with van der Waals surface area (Å²) in [7, 11) is 6.18. The van der Waals surface area contributed by atoms with Gasteiger partial charge in [-0.25, -0.2) is 0 Å². The summed E-state index contributed by atoms with van der Waals surface area (Å²) in [5.41, 5.74) is 11.5. The van der Waals surface area contributed by atoms with Gasteiger partial charge >= 0.3 is 206 Å². The second-order valence-electron chi connectivity index (χ2n) is 24.1. The first-order chi connectivity index (χ1) is 57.0. The molecule has 0 aliphatic heterocycles. The van der Waals surface area contributed by atoms with Crippen molar-refractivity contribution in [3.63, 3.8) is 0 Å². The van der Waals surface area contributed by atoms with E-state index in [1.165, 1.54) is 82.7 Å². The Morgan fingerprint density at radius 1 is 0.413 bits per heavy atom. The summed E-state index contributed by atoms with van der Waals surface area (Å²) in [5, 5.41) is 54.5. The number of aryl methyl sites for hydroxylation is 6. The molecule has 2 unspecified atom stereocenters. The Bertz CT molecular complexity index is 4450. The van der Waals surface area contributed by atoms with Crippen molar-refractivity contribution in [3.8, 4) is 63.6 Å². The summed E-state index contributed by atoms with van der Waals surface area (Å²) in [4.78, 5) is 96.5. The van der Waals surface area contributed by atoms with Crippen LogP contribution in [0.5, 0.6) is 57.5 Å². The molecule has 2 atom stereocenters. The van der Waals surface area contributed by atoms with Crippen molar-refractivity contribution in [2.24, 2.45) is 0 Å². The number of nitrogens with zero attached hydrogens (tertiary/aromatic N) is 1. The van der Waals surface area contributed by atoms with E-state index < -0.39 is 12.2 Å². The molecule has 0 fully saturated rings. The van der Waals surface area contributed by atoms with Gasteiger partial charge < -0.3 is 76.4 Å². The van der Waals surface area contributed by atoms with Crippen molar-refractivity contribution < 1.29 is 325 Å². The summed E-state index contributed by atoms with van der Waals surface area (Å²) in [6, 6.07) is 71.7. The van der Waals surface area contributed by atoms with Crippen LogP contribution in [0.4, 0.5) is 0 Å².